The van der Waals surface area contributed by atoms with Crippen molar-refractivity contribution in [3.05, 3.63) is 34.9 Å². The van der Waals surface area contributed by atoms with E-state index in [9.17, 15) is 18.7 Å². The summed E-state index contributed by atoms with van der Waals surface area (Å²) < 4.78 is 33.4. The molecule has 1 amide bonds. The van der Waals surface area contributed by atoms with Gasteiger partial charge in [0.2, 0.25) is 0 Å². The van der Waals surface area contributed by atoms with Crippen LogP contribution in [0.2, 0.25) is 0 Å². The summed E-state index contributed by atoms with van der Waals surface area (Å²) in [5, 5.41) is 19.9. The molecule has 2 aliphatic rings. The summed E-state index contributed by atoms with van der Waals surface area (Å²) in [5.41, 5.74) is -2.62. The Balaban J connectivity index is 1.86. The fraction of sp³-hybridized carbons (Fsp3) is 0.579. The summed E-state index contributed by atoms with van der Waals surface area (Å²) >= 11 is 0. The van der Waals surface area contributed by atoms with Gasteiger partial charge in [-0.2, -0.15) is 5.26 Å². The van der Waals surface area contributed by atoms with Crippen molar-refractivity contribution < 1.29 is 23.4 Å². The second-order valence-electron chi connectivity index (χ2n) is 8.14. The standard InChI is InChI=1S/C19H22F2N2O3/c1-18(2,3)26-17(24)23-12-4-5-13(23)9-19(25,8-12)11-6-15(20)14(10-22)16(21)7-11/h6-7,12-13,25H,4-5,8-9H2,1-3H3. The number of benzene rings is 1. The molecule has 2 heterocycles. The van der Waals surface area contributed by atoms with E-state index in [1.807, 2.05) is 0 Å². The van der Waals surface area contributed by atoms with E-state index >= 15 is 0 Å². The summed E-state index contributed by atoms with van der Waals surface area (Å²) in [6.45, 7) is 5.36. The van der Waals surface area contributed by atoms with E-state index in [4.69, 9.17) is 10.00 Å². The van der Waals surface area contributed by atoms with Gasteiger partial charge < -0.3 is 14.7 Å². The zero-order valence-corrected chi connectivity index (χ0v) is 15.1. The van der Waals surface area contributed by atoms with Crippen molar-refractivity contribution in [1.82, 2.24) is 4.90 Å². The van der Waals surface area contributed by atoms with Gasteiger partial charge in [-0.15, -0.1) is 0 Å². The van der Waals surface area contributed by atoms with Crippen molar-refractivity contribution in [1.29, 1.82) is 5.26 Å². The van der Waals surface area contributed by atoms with Gasteiger partial charge in [-0.05, 0) is 51.3 Å². The molecule has 0 saturated carbocycles. The van der Waals surface area contributed by atoms with Crippen LogP contribution in [0.3, 0.4) is 0 Å². The molecule has 2 fully saturated rings. The predicted molar refractivity (Wildman–Crippen MR) is 89.1 cm³/mol. The molecule has 3 rings (SSSR count). The maximum absolute atomic E-state index is 14.0. The highest BCUT2D eigenvalue weighted by molar-refractivity contribution is 5.70. The summed E-state index contributed by atoms with van der Waals surface area (Å²) in [5.74, 6) is -1.98. The Morgan fingerprint density at radius 1 is 1.27 bits per heavy atom. The normalized spacial score (nSPS) is 28.0. The number of nitriles is 1. The van der Waals surface area contributed by atoms with Crippen LogP contribution in [0.4, 0.5) is 13.6 Å². The van der Waals surface area contributed by atoms with Crippen molar-refractivity contribution in [2.24, 2.45) is 0 Å². The van der Waals surface area contributed by atoms with Crippen molar-refractivity contribution in [3.63, 3.8) is 0 Å². The number of hydrogen-bond donors (Lipinski definition) is 1. The highest BCUT2D eigenvalue weighted by atomic mass is 19.1. The SMILES string of the molecule is CC(C)(C)OC(=O)N1C2CCC1CC(O)(c1cc(F)c(C#N)c(F)c1)C2. The molecule has 2 saturated heterocycles. The van der Waals surface area contributed by atoms with Gasteiger partial charge in [-0.3, -0.25) is 0 Å². The van der Waals surface area contributed by atoms with Crippen LogP contribution in [-0.4, -0.2) is 33.8 Å². The third kappa shape index (κ3) is 3.26. The first-order valence-electron chi connectivity index (χ1n) is 8.67. The van der Waals surface area contributed by atoms with Crippen molar-refractivity contribution in [2.75, 3.05) is 0 Å². The fourth-order valence-electron chi connectivity index (χ4n) is 4.02. The number of halogens is 2. The second-order valence-corrected chi connectivity index (χ2v) is 8.14. The van der Waals surface area contributed by atoms with Crippen LogP contribution in [0, 0.1) is 23.0 Å². The molecule has 2 bridgehead atoms. The number of carbonyl (C=O) groups excluding carboxylic acids is 1. The average Bonchev–Trinajstić information content (AvgIpc) is 2.78. The number of hydrogen-bond acceptors (Lipinski definition) is 4. The number of fused-ring (bicyclic) bond motifs is 2. The molecule has 2 atom stereocenters. The molecule has 2 aliphatic heterocycles. The molecule has 140 valence electrons. The average molecular weight is 364 g/mol. The smallest absolute Gasteiger partial charge is 0.410 e. The first-order chi connectivity index (χ1) is 12.0. The highest BCUT2D eigenvalue weighted by Crippen LogP contribution is 2.46. The minimum absolute atomic E-state index is 0.104. The van der Waals surface area contributed by atoms with E-state index in [0.717, 1.165) is 12.1 Å². The highest BCUT2D eigenvalue weighted by Gasteiger charge is 2.51. The molecule has 1 aromatic rings. The minimum Gasteiger partial charge on any atom is -0.444 e. The zero-order valence-electron chi connectivity index (χ0n) is 15.1. The van der Waals surface area contributed by atoms with Crippen LogP contribution in [0.5, 0.6) is 0 Å². The van der Waals surface area contributed by atoms with Crippen molar-refractivity contribution >= 4 is 6.09 Å². The van der Waals surface area contributed by atoms with Gasteiger partial charge in [0.1, 0.15) is 28.9 Å². The maximum Gasteiger partial charge on any atom is 0.410 e. The summed E-state index contributed by atoms with van der Waals surface area (Å²) in [4.78, 5) is 14.1. The zero-order chi connectivity index (χ0) is 19.3. The van der Waals surface area contributed by atoms with Crippen LogP contribution in [0.25, 0.3) is 0 Å². The molecule has 5 nitrogen and oxygen atoms in total. The van der Waals surface area contributed by atoms with E-state index in [-0.39, 0.29) is 30.5 Å². The van der Waals surface area contributed by atoms with Crippen LogP contribution in [-0.2, 0) is 10.3 Å². The van der Waals surface area contributed by atoms with E-state index in [2.05, 4.69) is 0 Å². The molecule has 1 N–H and O–H groups in total. The number of piperidine rings is 1. The van der Waals surface area contributed by atoms with Crippen LogP contribution in [0.1, 0.15) is 57.6 Å². The number of nitrogens with zero attached hydrogens (tertiary/aromatic N) is 2. The molecule has 26 heavy (non-hydrogen) atoms. The quantitative estimate of drug-likeness (QED) is 0.826. The van der Waals surface area contributed by atoms with Crippen molar-refractivity contribution in [2.45, 2.75) is 69.7 Å². The molecule has 1 aromatic carbocycles. The first kappa shape index (κ1) is 18.6. The van der Waals surface area contributed by atoms with Crippen LogP contribution < -0.4 is 0 Å². The molecule has 7 heteroatoms. The Morgan fingerprint density at radius 3 is 2.19 bits per heavy atom. The largest absolute Gasteiger partial charge is 0.444 e. The fourth-order valence-corrected chi connectivity index (χ4v) is 4.02. The molecule has 0 spiro atoms. The molecule has 0 aliphatic carbocycles. The van der Waals surface area contributed by atoms with Gasteiger partial charge in [0.25, 0.3) is 0 Å². The number of amides is 1. The topological polar surface area (TPSA) is 73.6 Å². The Hall–Kier alpha value is -2.20. The summed E-state index contributed by atoms with van der Waals surface area (Å²) in [6.07, 6.45) is 1.33. The molecular formula is C19H22F2N2O3. The van der Waals surface area contributed by atoms with E-state index in [0.29, 0.717) is 12.8 Å². The number of rotatable bonds is 1. The van der Waals surface area contributed by atoms with E-state index in [1.165, 1.54) is 6.07 Å². The second kappa shape index (κ2) is 6.20. The van der Waals surface area contributed by atoms with Crippen molar-refractivity contribution in [3.8, 4) is 6.07 Å². The Labute approximate surface area is 151 Å². The lowest BCUT2D eigenvalue weighted by atomic mass is 9.80. The molecule has 0 aromatic heterocycles. The molecule has 0 radical (unpaired) electrons. The predicted octanol–water partition coefficient (Wildman–Crippen LogP) is 3.59. The summed E-state index contributed by atoms with van der Waals surface area (Å²) in [6, 6.07) is 3.01. The van der Waals surface area contributed by atoms with Gasteiger partial charge in [-0.25, -0.2) is 13.6 Å². The lowest BCUT2D eigenvalue weighted by molar-refractivity contribution is -0.0627. The Kier molecular flexibility index (Phi) is 4.43. The third-order valence-corrected chi connectivity index (χ3v) is 5.06. The molecular weight excluding hydrogens is 342 g/mol. The van der Waals surface area contributed by atoms with Gasteiger partial charge in [0, 0.05) is 24.9 Å². The van der Waals surface area contributed by atoms with Gasteiger partial charge >= 0.3 is 6.09 Å². The molecule has 2 unspecified atom stereocenters. The van der Waals surface area contributed by atoms with Gasteiger partial charge in [0.15, 0.2) is 0 Å². The minimum atomic E-state index is -1.44. The van der Waals surface area contributed by atoms with E-state index < -0.39 is 34.5 Å². The number of ether oxygens (including phenoxy) is 1. The van der Waals surface area contributed by atoms with Crippen LogP contribution >= 0.6 is 0 Å². The number of aliphatic hydroxyl groups is 1. The number of carbonyl (C=O) groups is 1. The summed E-state index contributed by atoms with van der Waals surface area (Å²) in [7, 11) is 0. The lowest BCUT2D eigenvalue weighted by Crippen LogP contribution is -2.53. The Morgan fingerprint density at radius 2 is 1.77 bits per heavy atom. The van der Waals surface area contributed by atoms with Gasteiger partial charge in [-0.1, -0.05) is 0 Å². The van der Waals surface area contributed by atoms with Gasteiger partial charge in [0.05, 0.1) is 5.60 Å². The lowest BCUT2D eigenvalue weighted by Gasteiger charge is -2.44. The maximum atomic E-state index is 14.0. The van der Waals surface area contributed by atoms with E-state index in [1.54, 1.807) is 25.7 Å². The first-order valence-corrected chi connectivity index (χ1v) is 8.67. The third-order valence-electron chi connectivity index (χ3n) is 5.06. The Bertz CT molecular complexity index is 745. The van der Waals surface area contributed by atoms with Crippen LogP contribution in [0.15, 0.2) is 12.1 Å². The monoisotopic (exact) mass is 364 g/mol.